The van der Waals surface area contributed by atoms with Crippen molar-refractivity contribution in [3.05, 3.63) is 18.2 Å². The van der Waals surface area contributed by atoms with E-state index in [9.17, 15) is 4.79 Å². The third-order valence-electron chi connectivity index (χ3n) is 5.59. The van der Waals surface area contributed by atoms with Gasteiger partial charge in [-0.3, -0.25) is 4.90 Å². The van der Waals surface area contributed by atoms with Crippen LogP contribution in [0.25, 0.3) is 11.0 Å². The van der Waals surface area contributed by atoms with E-state index in [-0.39, 0.29) is 18.2 Å². The van der Waals surface area contributed by atoms with E-state index in [1.54, 1.807) is 0 Å². The van der Waals surface area contributed by atoms with Gasteiger partial charge in [-0.25, -0.2) is 9.48 Å². The molecule has 0 radical (unpaired) electrons. The molecular weight excluding hydrogens is 422 g/mol. The number of para-hydroxylation sites is 1. The van der Waals surface area contributed by atoms with E-state index >= 15 is 0 Å². The second-order valence-corrected chi connectivity index (χ2v) is 16.7. The number of aromatic nitrogens is 3. The van der Waals surface area contributed by atoms with Crippen molar-refractivity contribution in [3.63, 3.8) is 0 Å². The molecule has 0 aliphatic carbocycles. The standard InChI is InChI=1S/C23H39N5O3Si/c1-17-14-26(15-18(2)28(17)22(29)31-23(3,4)5)20-11-9-10-19-21(20)27(25-24-19)16-30-12-13-32(6,7)8/h9-11,17-18H,12-16H2,1-8H3/t17-,18-/m0/s1. The van der Waals surface area contributed by atoms with Crippen LogP contribution in [0.15, 0.2) is 18.2 Å². The molecule has 0 unspecified atom stereocenters. The molecule has 0 saturated carbocycles. The van der Waals surface area contributed by atoms with Crippen LogP contribution >= 0.6 is 0 Å². The Morgan fingerprint density at radius 1 is 1.16 bits per heavy atom. The number of benzene rings is 1. The normalized spacial score (nSPS) is 20.1. The van der Waals surface area contributed by atoms with E-state index < -0.39 is 13.7 Å². The van der Waals surface area contributed by atoms with Crippen LogP contribution in [0.5, 0.6) is 0 Å². The van der Waals surface area contributed by atoms with Crippen LogP contribution < -0.4 is 4.90 Å². The number of fused-ring (bicyclic) bond motifs is 1. The Morgan fingerprint density at radius 2 is 1.81 bits per heavy atom. The lowest BCUT2D eigenvalue weighted by molar-refractivity contribution is 0.00567. The average Bonchev–Trinajstić information content (AvgIpc) is 3.05. The van der Waals surface area contributed by atoms with Crippen molar-refractivity contribution in [2.75, 3.05) is 24.6 Å². The zero-order valence-electron chi connectivity index (χ0n) is 20.9. The molecule has 1 aromatic carbocycles. The molecule has 9 heteroatoms. The van der Waals surface area contributed by atoms with Gasteiger partial charge in [-0.1, -0.05) is 30.9 Å². The summed E-state index contributed by atoms with van der Waals surface area (Å²) in [7, 11) is -1.14. The van der Waals surface area contributed by atoms with Gasteiger partial charge in [-0.05, 0) is 52.8 Å². The van der Waals surface area contributed by atoms with Crippen molar-refractivity contribution < 1.29 is 14.3 Å². The third-order valence-corrected chi connectivity index (χ3v) is 7.29. The fraction of sp³-hybridized carbons (Fsp3) is 0.696. The second kappa shape index (κ2) is 9.39. The summed E-state index contributed by atoms with van der Waals surface area (Å²) in [6.45, 7) is 19.4. The smallest absolute Gasteiger partial charge is 0.410 e. The van der Waals surface area contributed by atoms with Crippen LogP contribution in [0.4, 0.5) is 10.5 Å². The predicted molar refractivity (Wildman–Crippen MR) is 131 cm³/mol. The zero-order chi connectivity index (χ0) is 23.7. The minimum atomic E-state index is -1.14. The minimum Gasteiger partial charge on any atom is -0.444 e. The summed E-state index contributed by atoms with van der Waals surface area (Å²) in [6.07, 6.45) is -0.252. The highest BCUT2D eigenvalue weighted by atomic mass is 28.3. The van der Waals surface area contributed by atoms with E-state index in [0.29, 0.717) is 19.8 Å². The van der Waals surface area contributed by atoms with Gasteiger partial charge < -0.3 is 14.4 Å². The summed E-state index contributed by atoms with van der Waals surface area (Å²) in [5.41, 5.74) is 2.40. The van der Waals surface area contributed by atoms with Gasteiger partial charge in [-0.2, -0.15) is 0 Å². The molecule has 2 heterocycles. The monoisotopic (exact) mass is 461 g/mol. The summed E-state index contributed by atoms with van der Waals surface area (Å²) in [4.78, 5) is 16.9. The molecule has 1 saturated heterocycles. The highest BCUT2D eigenvalue weighted by Gasteiger charge is 2.36. The van der Waals surface area contributed by atoms with E-state index in [4.69, 9.17) is 9.47 Å². The lowest BCUT2D eigenvalue weighted by Crippen LogP contribution is -2.59. The molecule has 2 atom stereocenters. The highest BCUT2D eigenvalue weighted by molar-refractivity contribution is 6.76. The molecule has 2 aromatic rings. The number of hydrogen-bond acceptors (Lipinski definition) is 6. The Hall–Kier alpha value is -2.13. The summed E-state index contributed by atoms with van der Waals surface area (Å²) >= 11 is 0. The molecular formula is C23H39N5O3Si. The fourth-order valence-electron chi connectivity index (χ4n) is 4.08. The fourth-order valence-corrected chi connectivity index (χ4v) is 4.84. The van der Waals surface area contributed by atoms with E-state index in [2.05, 4.69) is 54.8 Å². The summed E-state index contributed by atoms with van der Waals surface area (Å²) in [6, 6.07) is 7.25. The van der Waals surface area contributed by atoms with Gasteiger partial charge in [-0.15, -0.1) is 5.10 Å². The molecule has 8 nitrogen and oxygen atoms in total. The molecule has 0 N–H and O–H groups in total. The lowest BCUT2D eigenvalue weighted by Gasteiger charge is -2.45. The van der Waals surface area contributed by atoms with Crippen molar-refractivity contribution in [2.45, 2.75) is 84.7 Å². The van der Waals surface area contributed by atoms with Crippen LogP contribution in [-0.4, -0.2) is 71.4 Å². The first kappa shape index (κ1) is 24.5. The largest absolute Gasteiger partial charge is 0.444 e. The third kappa shape index (κ3) is 6.01. The van der Waals surface area contributed by atoms with Crippen molar-refractivity contribution in [2.24, 2.45) is 0 Å². The molecule has 1 aromatic heterocycles. The molecule has 0 bridgehead atoms. The first-order valence-corrected chi connectivity index (χ1v) is 15.2. The summed E-state index contributed by atoms with van der Waals surface area (Å²) in [5, 5.41) is 8.70. The predicted octanol–water partition coefficient (Wildman–Crippen LogP) is 4.58. The maximum Gasteiger partial charge on any atom is 0.410 e. The molecule has 1 aliphatic rings. The van der Waals surface area contributed by atoms with Gasteiger partial charge in [0.2, 0.25) is 0 Å². The summed E-state index contributed by atoms with van der Waals surface area (Å²) < 4.78 is 13.4. The zero-order valence-corrected chi connectivity index (χ0v) is 21.9. The van der Waals surface area contributed by atoms with E-state index in [1.807, 2.05) is 42.5 Å². The molecule has 32 heavy (non-hydrogen) atoms. The van der Waals surface area contributed by atoms with Crippen molar-refractivity contribution >= 4 is 30.9 Å². The first-order chi connectivity index (χ1) is 14.9. The van der Waals surface area contributed by atoms with Crippen molar-refractivity contribution in [1.82, 2.24) is 19.9 Å². The Bertz CT molecular complexity index is 922. The molecule has 178 valence electrons. The van der Waals surface area contributed by atoms with Gasteiger partial charge >= 0.3 is 6.09 Å². The topological polar surface area (TPSA) is 72.7 Å². The number of hydrogen-bond donors (Lipinski definition) is 0. The summed E-state index contributed by atoms with van der Waals surface area (Å²) in [5.74, 6) is 0. The SMILES string of the molecule is C[C@H]1CN(c2cccc3nnn(COCC[Si](C)(C)C)c23)C[C@H](C)N1C(=O)OC(C)(C)C. The van der Waals surface area contributed by atoms with Gasteiger partial charge in [0.05, 0.1) is 17.8 Å². The second-order valence-electron chi connectivity index (χ2n) is 11.1. The number of piperazine rings is 1. The number of carbonyl (C=O) groups is 1. The van der Waals surface area contributed by atoms with Crippen LogP contribution in [0.2, 0.25) is 25.7 Å². The van der Waals surface area contributed by atoms with Crippen LogP contribution in [0.3, 0.4) is 0 Å². The van der Waals surface area contributed by atoms with Crippen LogP contribution in [0.1, 0.15) is 34.6 Å². The van der Waals surface area contributed by atoms with Crippen molar-refractivity contribution in [3.8, 4) is 0 Å². The Labute approximate surface area is 192 Å². The van der Waals surface area contributed by atoms with E-state index in [1.165, 1.54) is 0 Å². The van der Waals surface area contributed by atoms with Gasteiger partial charge in [0, 0.05) is 27.8 Å². The van der Waals surface area contributed by atoms with Crippen molar-refractivity contribution in [1.29, 1.82) is 0 Å². The quantitative estimate of drug-likeness (QED) is 0.463. The maximum atomic E-state index is 12.8. The molecule has 3 rings (SSSR count). The number of ether oxygens (including phenoxy) is 2. The number of rotatable bonds is 6. The Morgan fingerprint density at radius 3 is 2.41 bits per heavy atom. The molecule has 0 spiro atoms. The van der Waals surface area contributed by atoms with E-state index in [0.717, 1.165) is 29.4 Å². The number of nitrogens with zero attached hydrogens (tertiary/aromatic N) is 5. The molecule has 1 fully saturated rings. The average molecular weight is 462 g/mol. The van der Waals surface area contributed by atoms with Gasteiger partial charge in [0.1, 0.15) is 23.4 Å². The lowest BCUT2D eigenvalue weighted by atomic mass is 10.1. The highest BCUT2D eigenvalue weighted by Crippen LogP contribution is 2.30. The van der Waals surface area contributed by atoms with Gasteiger partial charge in [0.25, 0.3) is 0 Å². The van der Waals surface area contributed by atoms with Crippen LogP contribution in [0, 0.1) is 0 Å². The molecule has 1 aliphatic heterocycles. The van der Waals surface area contributed by atoms with Crippen LogP contribution in [-0.2, 0) is 16.2 Å². The Kier molecular flexibility index (Phi) is 7.19. The number of anilines is 1. The maximum absolute atomic E-state index is 12.8. The molecule has 1 amide bonds. The Balaban J connectivity index is 1.77. The minimum absolute atomic E-state index is 0.0150. The first-order valence-electron chi connectivity index (χ1n) is 11.5. The number of carbonyl (C=O) groups excluding carboxylic acids is 1. The van der Waals surface area contributed by atoms with Gasteiger partial charge in [0.15, 0.2) is 0 Å². The number of amides is 1.